The zero-order chi connectivity index (χ0) is 11.6. The average molecular weight is 236 g/mol. The van der Waals surface area contributed by atoms with Gasteiger partial charge >= 0.3 is 5.97 Å². The molecule has 0 spiro atoms. The third-order valence-electron chi connectivity index (χ3n) is 1.96. The van der Waals surface area contributed by atoms with Crippen LogP contribution in [0.15, 0.2) is 12.1 Å². The van der Waals surface area contributed by atoms with Crippen molar-refractivity contribution in [3.05, 3.63) is 34.4 Å². The van der Waals surface area contributed by atoms with Gasteiger partial charge in [-0.05, 0) is 12.1 Å². The summed E-state index contributed by atoms with van der Waals surface area (Å²) in [6.45, 7) is -0.399. The van der Waals surface area contributed by atoms with Crippen molar-refractivity contribution >= 4 is 17.6 Å². The SMILES string of the molecule is NCC(C(=O)O)c1c(F)ccc(Cl)c1F. The van der Waals surface area contributed by atoms with Crippen molar-refractivity contribution in [2.45, 2.75) is 5.92 Å². The van der Waals surface area contributed by atoms with Gasteiger partial charge in [-0.1, -0.05) is 11.6 Å². The molecule has 0 aliphatic heterocycles. The number of hydrogen-bond donors (Lipinski definition) is 2. The molecule has 0 aromatic heterocycles. The number of carboxylic acid groups (broad SMARTS) is 1. The minimum Gasteiger partial charge on any atom is -0.481 e. The maximum atomic E-state index is 13.4. The molecule has 1 aromatic carbocycles. The lowest BCUT2D eigenvalue weighted by Crippen LogP contribution is -2.23. The van der Waals surface area contributed by atoms with E-state index in [1.807, 2.05) is 0 Å². The molecule has 1 aromatic rings. The molecule has 6 heteroatoms. The number of carbonyl (C=O) groups is 1. The number of benzene rings is 1. The second-order valence-corrected chi connectivity index (χ2v) is 3.29. The zero-order valence-corrected chi connectivity index (χ0v) is 8.26. The third kappa shape index (κ3) is 2.24. The van der Waals surface area contributed by atoms with Gasteiger partial charge in [0.1, 0.15) is 11.6 Å². The van der Waals surface area contributed by atoms with Crippen molar-refractivity contribution < 1.29 is 18.7 Å². The van der Waals surface area contributed by atoms with E-state index in [0.29, 0.717) is 0 Å². The Labute approximate surface area is 89.5 Å². The highest BCUT2D eigenvalue weighted by atomic mass is 35.5. The first-order valence-electron chi connectivity index (χ1n) is 4.05. The molecule has 0 aliphatic carbocycles. The minimum atomic E-state index is -1.43. The van der Waals surface area contributed by atoms with Crippen molar-refractivity contribution in [3.8, 4) is 0 Å². The third-order valence-corrected chi connectivity index (χ3v) is 2.25. The van der Waals surface area contributed by atoms with Crippen LogP contribution in [0.1, 0.15) is 11.5 Å². The molecule has 1 unspecified atom stereocenters. The van der Waals surface area contributed by atoms with Crippen LogP contribution in [0.4, 0.5) is 8.78 Å². The van der Waals surface area contributed by atoms with Crippen LogP contribution in [0.3, 0.4) is 0 Å². The Bertz CT molecular complexity index is 398. The van der Waals surface area contributed by atoms with Crippen molar-refractivity contribution in [1.82, 2.24) is 0 Å². The summed E-state index contributed by atoms with van der Waals surface area (Å²) in [6, 6.07) is 1.93. The fraction of sp³-hybridized carbons (Fsp3) is 0.222. The normalized spacial score (nSPS) is 12.5. The first kappa shape index (κ1) is 11.9. The van der Waals surface area contributed by atoms with Gasteiger partial charge in [0.15, 0.2) is 0 Å². The first-order chi connectivity index (χ1) is 6.99. The van der Waals surface area contributed by atoms with Gasteiger partial charge in [-0.3, -0.25) is 4.79 Å². The van der Waals surface area contributed by atoms with Crippen LogP contribution >= 0.6 is 11.6 Å². The summed E-state index contributed by atoms with van der Waals surface area (Å²) in [4.78, 5) is 10.7. The van der Waals surface area contributed by atoms with Crippen molar-refractivity contribution in [2.24, 2.45) is 5.73 Å². The van der Waals surface area contributed by atoms with Crippen molar-refractivity contribution in [2.75, 3.05) is 6.54 Å². The number of aliphatic carboxylic acids is 1. The van der Waals surface area contributed by atoms with Crippen LogP contribution in [-0.2, 0) is 4.79 Å². The van der Waals surface area contributed by atoms with Crippen molar-refractivity contribution in [3.63, 3.8) is 0 Å². The van der Waals surface area contributed by atoms with E-state index >= 15 is 0 Å². The molecule has 3 nitrogen and oxygen atoms in total. The number of carboxylic acids is 1. The van der Waals surface area contributed by atoms with E-state index in [0.717, 1.165) is 12.1 Å². The van der Waals surface area contributed by atoms with E-state index < -0.39 is 35.6 Å². The Kier molecular flexibility index (Phi) is 3.60. The van der Waals surface area contributed by atoms with Gasteiger partial charge in [-0.15, -0.1) is 0 Å². The van der Waals surface area contributed by atoms with Gasteiger partial charge in [0.25, 0.3) is 0 Å². The molecule has 0 saturated carbocycles. The Balaban J connectivity index is 3.34. The second kappa shape index (κ2) is 4.55. The molecule has 1 atom stereocenters. The molecule has 0 amide bonds. The van der Waals surface area contributed by atoms with Crippen LogP contribution in [0.25, 0.3) is 0 Å². The van der Waals surface area contributed by atoms with E-state index in [-0.39, 0.29) is 5.02 Å². The van der Waals surface area contributed by atoms with Crippen LogP contribution in [0.5, 0.6) is 0 Å². The summed E-state index contributed by atoms with van der Waals surface area (Å²) < 4.78 is 26.6. The monoisotopic (exact) mass is 235 g/mol. The molecule has 15 heavy (non-hydrogen) atoms. The molecule has 3 N–H and O–H groups in total. The van der Waals surface area contributed by atoms with E-state index in [1.165, 1.54) is 0 Å². The Hall–Kier alpha value is -1.20. The minimum absolute atomic E-state index is 0.328. The molecular weight excluding hydrogens is 228 g/mol. The van der Waals surface area contributed by atoms with Gasteiger partial charge in [-0.25, -0.2) is 8.78 Å². The van der Waals surface area contributed by atoms with E-state index in [2.05, 4.69) is 0 Å². The van der Waals surface area contributed by atoms with E-state index in [4.69, 9.17) is 22.4 Å². The molecule has 82 valence electrons. The highest BCUT2D eigenvalue weighted by molar-refractivity contribution is 6.30. The van der Waals surface area contributed by atoms with Gasteiger partial charge < -0.3 is 10.8 Å². The molecule has 0 radical (unpaired) electrons. The Morgan fingerprint density at radius 2 is 2.13 bits per heavy atom. The van der Waals surface area contributed by atoms with Crippen LogP contribution < -0.4 is 5.73 Å². The zero-order valence-electron chi connectivity index (χ0n) is 7.51. The lowest BCUT2D eigenvalue weighted by Gasteiger charge is -2.12. The molecular formula is C9H8ClF2NO2. The lowest BCUT2D eigenvalue weighted by molar-refractivity contribution is -0.138. The Morgan fingerprint density at radius 1 is 1.53 bits per heavy atom. The summed E-state index contributed by atoms with van der Waals surface area (Å²) in [7, 11) is 0. The van der Waals surface area contributed by atoms with Gasteiger partial charge in [0.2, 0.25) is 0 Å². The number of nitrogens with two attached hydrogens (primary N) is 1. The Morgan fingerprint density at radius 3 is 2.60 bits per heavy atom. The van der Waals surface area contributed by atoms with Crippen LogP contribution in [0.2, 0.25) is 5.02 Å². The highest BCUT2D eigenvalue weighted by Crippen LogP contribution is 2.27. The fourth-order valence-corrected chi connectivity index (χ4v) is 1.37. The van der Waals surface area contributed by atoms with Crippen LogP contribution in [0, 0.1) is 11.6 Å². The van der Waals surface area contributed by atoms with Crippen LogP contribution in [-0.4, -0.2) is 17.6 Å². The summed E-state index contributed by atoms with van der Waals surface area (Å²) in [6.07, 6.45) is 0. The summed E-state index contributed by atoms with van der Waals surface area (Å²) >= 11 is 5.42. The molecule has 0 fully saturated rings. The smallest absolute Gasteiger partial charge is 0.312 e. The van der Waals surface area contributed by atoms with E-state index in [1.54, 1.807) is 0 Å². The van der Waals surface area contributed by atoms with Gasteiger partial charge in [0.05, 0.1) is 10.9 Å². The topological polar surface area (TPSA) is 63.3 Å². The lowest BCUT2D eigenvalue weighted by atomic mass is 9.98. The molecule has 0 heterocycles. The maximum Gasteiger partial charge on any atom is 0.312 e. The first-order valence-corrected chi connectivity index (χ1v) is 4.43. The molecule has 0 saturated heterocycles. The molecule has 1 rings (SSSR count). The second-order valence-electron chi connectivity index (χ2n) is 2.88. The molecule has 0 aliphatic rings. The van der Waals surface area contributed by atoms with Gasteiger partial charge in [0, 0.05) is 12.1 Å². The maximum absolute atomic E-state index is 13.4. The summed E-state index contributed by atoms with van der Waals surface area (Å²) in [5.41, 5.74) is 4.54. The molecule has 0 bridgehead atoms. The van der Waals surface area contributed by atoms with Crippen molar-refractivity contribution in [1.29, 1.82) is 0 Å². The fourth-order valence-electron chi connectivity index (χ4n) is 1.20. The highest BCUT2D eigenvalue weighted by Gasteiger charge is 2.26. The summed E-state index contributed by atoms with van der Waals surface area (Å²) in [5, 5.41) is 8.38. The standard InChI is InChI=1S/C9H8ClF2NO2/c10-5-1-2-6(11)7(8(5)12)4(3-13)9(14)15/h1-2,4H,3,13H2,(H,14,15). The largest absolute Gasteiger partial charge is 0.481 e. The average Bonchev–Trinajstić information content (AvgIpc) is 2.18. The summed E-state index contributed by atoms with van der Waals surface area (Å²) in [5.74, 6) is -4.86. The number of hydrogen-bond acceptors (Lipinski definition) is 2. The van der Waals surface area contributed by atoms with Gasteiger partial charge in [-0.2, -0.15) is 0 Å². The number of halogens is 3. The predicted molar refractivity (Wildman–Crippen MR) is 50.8 cm³/mol. The predicted octanol–water partition coefficient (Wildman–Crippen LogP) is 1.75. The van der Waals surface area contributed by atoms with E-state index in [9.17, 15) is 13.6 Å². The number of rotatable bonds is 3. The quantitative estimate of drug-likeness (QED) is 0.785.